The van der Waals surface area contributed by atoms with Crippen molar-refractivity contribution in [3.63, 3.8) is 0 Å². The van der Waals surface area contributed by atoms with Crippen LogP contribution in [0.2, 0.25) is 0 Å². The summed E-state index contributed by atoms with van der Waals surface area (Å²) in [5.41, 5.74) is 0.329. The minimum absolute atomic E-state index is 0.0673. The van der Waals surface area contributed by atoms with Crippen molar-refractivity contribution in [1.82, 2.24) is 4.90 Å². The number of methoxy groups -OCH3 is 1. The fourth-order valence-electron chi connectivity index (χ4n) is 5.85. The highest BCUT2D eigenvalue weighted by Gasteiger charge is 2.72. The number of carbonyl (C=O) groups excluding carboxylic acids is 2. The molecule has 1 spiro atoms. The van der Waals surface area contributed by atoms with E-state index in [4.69, 9.17) is 14.2 Å². The summed E-state index contributed by atoms with van der Waals surface area (Å²) < 4.78 is 17.4. The van der Waals surface area contributed by atoms with Crippen molar-refractivity contribution in [3.8, 4) is 11.5 Å². The number of benzene rings is 1. The topological polar surface area (TPSA) is 97.7 Å². The highest BCUT2D eigenvalue weighted by Crippen LogP contribution is 2.65. The molecule has 4 atom stereocenters. The Balaban J connectivity index is 1.67. The van der Waals surface area contributed by atoms with Gasteiger partial charge < -0.3 is 24.2 Å². The smallest absolute Gasteiger partial charge is 0.333 e. The molecule has 2 aliphatic carbocycles. The maximum atomic E-state index is 12.1. The van der Waals surface area contributed by atoms with Gasteiger partial charge in [-0.25, -0.2) is 9.59 Å². The van der Waals surface area contributed by atoms with Gasteiger partial charge in [0.25, 0.3) is 0 Å². The molecule has 0 unspecified atom stereocenters. The monoisotopic (exact) mass is 398 g/mol. The summed E-state index contributed by atoms with van der Waals surface area (Å²) in [6.45, 7) is 0.386. The molecule has 1 aromatic rings. The van der Waals surface area contributed by atoms with Crippen molar-refractivity contribution >= 4 is 12.0 Å². The van der Waals surface area contributed by atoms with Crippen LogP contribution in [0.15, 0.2) is 29.0 Å². The zero-order valence-corrected chi connectivity index (χ0v) is 16.3. The van der Waals surface area contributed by atoms with Crippen LogP contribution >= 0.6 is 0 Å². The molecule has 8 nitrogen and oxygen atoms in total. The number of likely N-dealkylation sites (tertiary alicyclic amines) is 1. The summed E-state index contributed by atoms with van der Waals surface area (Å²) in [5.74, 6) is 0.915. The van der Waals surface area contributed by atoms with E-state index in [0.29, 0.717) is 36.5 Å². The van der Waals surface area contributed by atoms with Gasteiger partial charge in [-0.2, -0.15) is 4.99 Å². The second-order valence-corrected chi connectivity index (χ2v) is 8.17. The first kappa shape index (κ1) is 18.4. The van der Waals surface area contributed by atoms with Crippen LogP contribution in [0.4, 0.5) is 0 Å². The van der Waals surface area contributed by atoms with E-state index >= 15 is 0 Å². The summed E-state index contributed by atoms with van der Waals surface area (Å²) in [6, 6.07) is 3.86. The number of esters is 1. The number of ether oxygens (including phenoxy) is 3. The normalized spacial score (nSPS) is 33.7. The van der Waals surface area contributed by atoms with Crippen molar-refractivity contribution in [1.29, 1.82) is 0 Å². The van der Waals surface area contributed by atoms with Crippen LogP contribution in [0, 0.1) is 0 Å². The number of rotatable bonds is 4. The molecule has 1 saturated heterocycles. The molecule has 5 rings (SSSR count). The van der Waals surface area contributed by atoms with E-state index in [-0.39, 0.29) is 6.04 Å². The Morgan fingerprint density at radius 3 is 3.07 bits per heavy atom. The Labute approximate surface area is 167 Å². The minimum Gasteiger partial charge on any atom is -0.493 e. The van der Waals surface area contributed by atoms with E-state index in [2.05, 4.69) is 9.89 Å². The zero-order valence-electron chi connectivity index (χ0n) is 16.3. The van der Waals surface area contributed by atoms with Crippen molar-refractivity contribution in [2.75, 3.05) is 27.2 Å². The number of likely N-dealkylation sites (N-methyl/N-ethyl adjacent to an activating group) is 1. The van der Waals surface area contributed by atoms with Gasteiger partial charge in [0, 0.05) is 18.0 Å². The molecule has 1 fully saturated rings. The largest absolute Gasteiger partial charge is 0.493 e. The molecule has 2 aliphatic heterocycles. The average Bonchev–Trinajstić information content (AvgIpc) is 3.06. The number of aliphatic imine (C=N–C) groups is 1. The lowest BCUT2D eigenvalue weighted by Crippen LogP contribution is -2.74. The SMILES string of the molecule is COc1ccc2c3c1O[C@H]1C(OC(=O)CN=C=O)=CC[C@@]4(O)[C@@H](C2)N(C)CC[C@]314. The van der Waals surface area contributed by atoms with E-state index < -0.39 is 29.6 Å². The third kappa shape index (κ3) is 2.19. The van der Waals surface area contributed by atoms with Crippen LogP contribution in [0.5, 0.6) is 11.5 Å². The first-order valence-corrected chi connectivity index (χ1v) is 9.70. The number of carbonyl (C=O) groups is 1. The third-order valence-corrected chi connectivity index (χ3v) is 7.06. The fourth-order valence-corrected chi connectivity index (χ4v) is 5.85. The fraction of sp³-hybridized carbons (Fsp3) is 0.524. The van der Waals surface area contributed by atoms with Crippen molar-refractivity contribution in [3.05, 3.63) is 35.1 Å². The Morgan fingerprint density at radius 1 is 1.48 bits per heavy atom. The van der Waals surface area contributed by atoms with E-state index in [0.717, 1.165) is 17.7 Å². The predicted octanol–water partition coefficient (Wildman–Crippen LogP) is 0.852. The van der Waals surface area contributed by atoms with E-state index in [1.54, 1.807) is 13.2 Å². The maximum Gasteiger partial charge on any atom is 0.333 e. The molecule has 2 bridgehead atoms. The van der Waals surface area contributed by atoms with Crippen molar-refractivity contribution < 1.29 is 28.9 Å². The number of piperidine rings is 1. The summed E-state index contributed by atoms with van der Waals surface area (Å²) in [6.07, 6.45) is 4.16. The van der Waals surface area contributed by atoms with E-state index in [1.165, 1.54) is 6.08 Å². The van der Waals surface area contributed by atoms with Gasteiger partial charge in [-0.05, 0) is 44.1 Å². The van der Waals surface area contributed by atoms with Gasteiger partial charge in [-0.15, -0.1) is 0 Å². The lowest BCUT2D eigenvalue weighted by atomic mass is 9.50. The summed E-state index contributed by atoms with van der Waals surface area (Å²) in [5, 5.41) is 12.0. The molecular formula is C21H22N2O6. The highest BCUT2D eigenvalue weighted by molar-refractivity contribution is 5.74. The number of nitrogens with zero attached hydrogens (tertiary/aromatic N) is 2. The minimum atomic E-state index is -1.05. The molecule has 4 aliphatic rings. The van der Waals surface area contributed by atoms with Crippen LogP contribution in [0.25, 0.3) is 0 Å². The molecule has 0 amide bonds. The second kappa shape index (κ2) is 6.16. The van der Waals surface area contributed by atoms with Crippen LogP contribution in [0.1, 0.15) is 24.0 Å². The average molecular weight is 398 g/mol. The van der Waals surface area contributed by atoms with Gasteiger partial charge in [0.2, 0.25) is 6.08 Å². The Bertz CT molecular complexity index is 984. The molecule has 8 heteroatoms. The summed E-state index contributed by atoms with van der Waals surface area (Å²) in [4.78, 5) is 27.9. The molecule has 2 heterocycles. The number of hydrogen-bond acceptors (Lipinski definition) is 8. The first-order valence-electron chi connectivity index (χ1n) is 9.70. The molecule has 29 heavy (non-hydrogen) atoms. The van der Waals surface area contributed by atoms with Crippen molar-refractivity contribution in [2.45, 2.75) is 42.4 Å². The lowest BCUT2D eigenvalue weighted by Gasteiger charge is -2.61. The molecule has 152 valence electrons. The molecule has 0 saturated carbocycles. The molecule has 1 N–H and O–H groups in total. The Hall–Kier alpha value is -2.67. The number of isocyanates is 1. The van der Waals surface area contributed by atoms with E-state index in [9.17, 15) is 14.7 Å². The standard InChI is InChI=1S/C21H22N2O6/c1-23-8-7-20-17-12-3-4-13(27-2)18(17)29-19(20)14(28-16(25)10-22-11-24)5-6-21(20,26)15(23)9-12/h3-5,15,19,26H,6-10H2,1-2H3/t15-,19+,20+,21-/m1/s1. The van der Waals surface area contributed by atoms with Crippen LogP contribution in [-0.4, -0.2) is 67.0 Å². The Kier molecular flexibility index (Phi) is 3.90. The quantitative estimate of drug-likeness (QED) is 0.456. The van der Waals surface area contributed by atoms with Gasteiger partial charge in [-0.1, -0.05) is 6.07 Å². The van der Waals surface area contributed by atoms with E-state index in [1.807, 2.05) is 19.2 Å². The lowest BCUT2D eigenvalue weighted by molar-refractivity contribution is -0.168. The maximum absolute atomic E-state index is 12.1. The zero-order chi connectivity index (χ0) is 20.4. The van der Waals surface area contributed by atoms with Gasteiger partial charge in [-0.3, -0.25) is 0 Å². The number of hydrogen-bond donors (Lipinski definition) is 1. The number of aliphatic hydroxyl groups is 1. The first-order chi connectivity index (χ1) is 14.0. The van der Waals surface area contributed by atoms with Crippen LogP contribution < -0.4 is 9.47 Å². The Morgan fingerprint density at radius 2 is 2.31 bits per heavy atom. The van der Waals surface area contributed by atoms with Gasteiger partial charge >= 0.3 is 5.97 Å². The molecule has 0 aromatic heterocycles. The predicted molar refractivity (Wildman–Crippen MR) is 101 cm³/mol. The van der Waals surface area contributed by atoms with Crippen molar-refractivity contribution in [2.24, 2.45) is 4.99 Å². The summed E-state index contributed by atoms with van der Waals surface area (Å²) >= 11 is 0. The van der Waals surface area contributed by atoms with Gasteiger partial charge in [0.15, 0.2) is 17.6 Å². The van der Waals surface area contributed by atoms with Gasteiger partial charge in [0.1, 0.15) is 12.3 Å². The van der Waals surface area contributed by atoms with Crippen LogP contribution in [0.3, 0.4) is 0 Å². The van der Waals surface area contributed by atoms with Crippen LogP contribution in [-0.2, 0) is 26.2 Å². The second-order valence-electron chi connectivity index (χ2n) is 8.17. The molecule has 0 radical (unpaired) electrons. The highest BCUT2D eigenvalue weighted by atomic mass is 16.6. The van der Waals surface area contributed by atoms with Gasteiger partial charge in [0.05, 0.1) is 18.1 Å². The summed E-state index contributed by atoms with van der Waals surface area (Å²) in [7, 11) is 3.62. The molecule has 1 aromatic carbocycles. The third-order valence-electron chi connectivity index (χ3n) is 7.06. The molecular weight excluding hydrogens is 376 g/mol.